The second-order valence-corrected chi connectivity index (χ2v) is 7.43. The number of rotatable bonds is 5. The SMILES string of the molecule is COC(=O)C1Cc2ccccc2CN1C(=O)CCc1ccc(C(C)C)cc1. The van der Waals surface area contributed by atoms with Gasteiger partial charge in [0.25, 0.3) is 0 Å². The van der Waals surface area contributed by atoms with E-state index in [0.29, 0.717) is 31.7 Å². The van der Waals surface area contributed by atoms with Crippen LogP contribution in [-0.2, 0) is 33.7 Å². The summed E-state index contributed by atoms with van der Waals surface area (Å²) in [5.74, 6) is 0.141. The zero-order valence-electron chi connectivity index (χ0n) is 16.3. The molecule has 0 bridgehead atoms. The van der Waals surface area contributed by atoms with Crippen molar-refractivity contribution in [3.05, 3.63) is 70.8 Å². The Morgan fingerprint density at radius 1 is 1.07 bits per heavy atom. The number of benzene rings is 2. The Balaban J connectivity index is 1.70. The van der Waals surface area contributed by atoms with E-state index in [4.69, 9.17) is 4.74 Å². The molecule has 4 heteroatoms. The smallest absolute Gasteiger partial charge is 0.328 e. The molecule has 0 saturated heterocycles. The summed E-state index contributed by atoms with van der Waals surface area (Å²) in [7, 11) is 1.38. The maximum Gasteiger partial charge on any atom is 0.328 e. The molecule has 1 aliphatic heterocycles. The van der Waals surface area contributed by atoms with E-state index in [9.17, 15) is 9.59 Å². The van der Waals surface area contributed by atoms with Crippen molar-refractivity contribution in [2.45, 2.75) is 51.6 Å². The van der Waals surface area contributed by atoms with Crippen LogP contribution in [0.5, 0.6) is 0 Å². The van der Waals surface area contributed by atoms with Crippen molar-refractivity contribution in [2.75, 3.05) is 7.11 Å². The van der Waals surface area contributed by atoms with Crippen molar-refractivity contribution < 1.29 is 14.3 Å². The molecule has 1 heterocycles. The third-order valence-corrected chi connectivity index (χ3v) is 5.32. The van der Waals surface area contributed by atoms with Crippen molar-refractivity contribution in [1.82, 2.24) is 4.90 Å². The fraction of sp³-hybridized carbons (Fsp3) is 0.391. The second-order valence-electron chi connectivity index (χ2n) is 7.43. The van der Waals surface area contributed by atoms with Gasteiger partial charge in [0.05, 0.1) is 7.11 Å². The van der Waals surface area contributed by atoms with Gasteiger partial charge in [0, 0.05) is 19.4 Å². The zero-order valence-corrected chi connectivity index (χ0v) is 16.3. The van der Waals surface area contributed by atoms with Gasteiger partial charge in [-0.2, -0.15) is 0 Å². The van der Waals surface area contributed by atoms with E-state index in [-0.39, 0.29) is 11.9 Å². The first-order valence-electron chi connectivity index (χ1n) is 9.52. The Bertz CT molecular complexity index is 811. The van der Waals surface area contributed by atoms with Crippen LogP contribution in [0.25, 0.3) is 0 Å². The molecule has 0 N–H and O–H groups in total. The minimum atomic E-state index is -0.541. The Morgan fingerprint density at radius 2 is 1.74 bits per heavy atom. The number of aryl methyl sites for hydroxylation is 1. The first kappa shape index (κ1) is 19.2. The summed E-state index contributed by atoms with van der Waals surface area (Å²) >= 11 is 0. The summed E-state index contributed by atoms with van der Waals surface area (Å²) in [6, 6.07) is 15.9. The molecule has 1 aliphatic rings. The molecule has 2 aromatic rings. The van der Waals surface area contributed by atoms with E-state index >= 15 is 0 Å². The molecule has 0 radical (unpaired) electrons. The highest BCUT2D eigenvalue weighted by Gasteiger charge is 2.34. The van der Waals surface area contributed by atoms with Crippen LogP contribution in [0, 0.1) is 0 Å². The molecule has 1 unspecified atom stereocenters. The summed E-state index contributed by atoms with van der Waals surface area (Å²) in [5, 5.41) is 0. The van der Waals surface area contributed by atoms with Crippen LogP contribution < -0.4 is 0 Å². The fourth-order valence-corrected chi connectivity index (χ4v) is 3.60. The highest BCUT2D eigenvalue weighted by Crippen LogP contribution is 2.25. The van der Waals surface area contributed by atoms with E-state index in [1.165, 1.54) is 12.7 Å². The van der Waals surface area contributed by atoms with Gasteiger partial charge < -0.3 is 9.64 Å². The molecule has 0 fully saturated rings. The highest BCUT2D eigenvalue weighted by atomic mass is 16.5. The van der Waals surface area contributed by atoms with Crippen LogP contribution >= 0.6 is 0 Å². The average molecular weight is 365 g/mol. The minimum Gasteiger partial charge on any atom is -0.467 e. The van der Waals surface area contributed by atoms with Gasteiger partial charge in [0.15, 0.2) is 0 Å². The normalized spacial score (nSPS) is 16.1. The predicted molar refractivity (Wildman–Crippen MR) is 105 cm³/mol. The molecule has 0 aliphatic carbocycles. The first-order chi connectivity index (χ1) is 13.0. The second kappa shape index (κ2) is 8.38. The molecule has 0 saturated carbocycles. The largest absolute Gasteiger partial charge is 0.467 e. The van der Waals surface area contributed by atoms with Crippen LogP contribution in [0.4, 0.5) is 0 Å². The maximum atomic E-state index is 12.9. The maximum absolute atomic E-state index is 12.9. The summed E-state index contributed by atoms with van der Waals surface area (Å²) in [6.07, 6.45) is 1.57. The highest BCUT2D eigenvalue weighted by molar-refractivity contribution is 5.85. The third-order valence-electron chi connectivity index (χ3n) is 5.32. The van der Waals surface area contributed by atoms with Gasteiger partial charge in [-0.25, -0.2) is 4.79 Å². The zero-order chi connectivity index (χ0) is 19.4. The monoisotopic (exact) mass is 365 g/mol. The molecule has 0 spiro atoms. The van der Waals surface area contributed by atoms with Crippen LogP contribution in [0.3, 0.4) is 0 Å². The van der Waals surface area contributed by atoms with Gasteiger partial charge in [0.1, 0.15) is 6.04 Å². The summed E-state index contributed by atoms with van der Waals surface area (Å²) < 4.78 is 4.95. The average Bonchev–Trinajstić information content (AvgIpc) is 2.70. The molecule has 142 valence electrons. The van der Waals surface area contributed by atoms with Gasteiger partial charge in [-0.15, -0.1) is 0 Å². The van der Waals surface area contributed by atoms with E-state index in [1.54, 1.807) is 4.90 Å². The molecule has 0 aromatic heterocycles. The Kier molecular flexibility index (Phi) is 5.94. The van der Waals surface area contributed by atoms with Crippen molar-refractivity contribution in [1.29, 1.82) is 0 Å². The number of methoxy groups -OCH3 is 1. The lowest BCUT2D eigenvalue weighted by molar-refractivity contribution is -0.154. The first-order valence-corrected chi connectivity index (χ1v) is 9.52. The lowest BCUT2D eigenvalue weighted by Gasteiger charge is -2.35. The molecule has 1 atom stereocenters. The van der Waals surface area contributed by atoms with Gasteiger partial charge in [-0.05, 0) is 34.6 Å². The Labute approximate surface area is 161 Å². The molecule has 1 amide bonds. The lowest BCUT2D eigenvalue weighted by Crippen LogP contribution is -2.49. The summed E-state index contributed by atoms with van der Waals surface area (Å²) in [4.78, 5) is 26.8. The lowest BCUT2D eigenvalue weighted by atomic mass is 9.93. The fourth-order valence-electron chi connectivity index (χ4n) is 3.60. The van der Waals surface area contributed by atoms with Crippen LogP contribution in [0.1, 0.15) is 48.4 Å². The molecular formula is C23H27NO3. The van der Waals surface area contributed by atoms with Crippen LogP contribution in [0.2, 0.25) is 0 Å². The van der Waals surface area contributed by atoms with Crippen molar-refractivity contribution >= 4 is 11.9 Å². The number of carbonyl (C=O) groups excluding carboxylic acids is 2. The van der Waals surface area contributed by atoms with Gasteiger partial charge in [0.2, 0.25) is 5.91 Å². The molecule has 4 nitrogen and oxygen atoms in total. The Hall–Kier alpha value is -2.62. The number of hydrogen-bond donors (Lipinski definition) is 0. The molecule has 3 rings (SSSR count). The van der Waals surface area contributed by atoms with Crippen LogP contribution in [0.15, 0.2) is 48.5 Å². The van der Waals surface area contributed by atoms with Gasteiger partial charge in [-0.3, -0.25) is 4.79 Å². The number of carbonyl (C=O) groups is 2. The predicted octanol–water partition coefficient (Wildman–Crippen LogP) is 3.87. The quantitative estimate of drug-likeness (QED) is 0.756. The number of hydrogen-bond acceptors (Lipinski definition) is 3. The van der Waals surface area contributed by atoms with Gasteiger partial charge >= 0.3 is 5.97 Å². The molecule has 27 heavy (non-hydrogen) atoms. The summed E-state index contributed by atoms with van der Waals surface area (Å²) in [6.45, 7) is 4.79. The van der Waals surface area contributed by atoms with E-state index in [1.807, 2.05) is 24.3 Å². The third kappa shape index (κ3) is 4.38. The van der Waals surface area contributed by atoms with E-state index < -0.39 is 6.04 Å². The Morgan fingerprint density at radius 3 is 2.37 bits per heavy atom. The number of fused-ring (bicyclic) bond motifs is 1. The number of nitrogens with zero attached hydrogens (tertiary/aromatic N) is 1. The molecule has 2 aromatic carbocycles. The standard InChI is InChI=1S/C23H27NO3/c1-16(2)18-11-8-17(9-12-18)10-13-22(25)24-15-20-7-5-4-6-19(20)14-21(24)23(26)27-3/h4-9,11-12,16,21H,10,13-15H2,1-3H3. The van der Waals surface area contributed by atoms with Gasteiger partial charge in [-0.1, -0.05) is 62.4 Å². The number of amides is 1. The van der Waals surface area contributed by atoms with Crippen LogP contribution in [-0.4, -0.2) is 29.9 Å². The van der Waals surface area contributed by atoms with Crippen molar-refractivity contribution in [3.63, 3.8) is 0 Å². The summed E-state index contributed by atoms with van der Waals surface area (Å²) in [5.41, 5.74) is 4.65. The molecular weight excluding hydrogens is 338 g/mol. The van der Waals surface area contributed by atoms with Crippen molar-refractivity contribution in [2.24, 2.45) is 0 Å². The number of ether oxygens (including phenoxy) is 1. The van der Waals surface area contributed by atoms with Crippen molar-refractivity contribution in [3.8, 4) is 0 Å². The topological polar surface area (TPSA) is 46.6 Å². The van der Waals surface area contributed by atoms with E-state index in [2.05, 4.69) is 38.1 Å². The number of esters is 1. The minimum absolute atomic E-state index is 0.00663. The van der Waals surface area contributed by atoms with E-state index in [0.717, 1.165) is 16.7 Å².